The lowest BCUT2D eigenvalue weighted by molar-refractivity contribution is 0.0781. The van der Waals surface area contributed by atoms with E-state index in [2.05, 4.69) is 23.7 Å². The molecule has 0 saturated carbocycles. The monoisotopic (exact) mass is 257 g/mol. The van der Waals surface area contributed by atoms with Gasteiger partial charge in [0.2, 0.25) is 0 Å². The second-order valence-electron chi connectivity index (χ2n) is 4.72. The Kier molecular flexibility index (Phi) is 4.53. The van der Waals surface area contributed by atoms with Crippen molar-refractivity contribution in [2.75, 3.05) is 19.6 Å². The Hall–Kier alpha value is -1.86. The summed E-state index contributed by atoms with van der Waals surface area (Å²) in [4.78, 5) is 18.5. The lowest BCUT2D eigenvalue weighted by atomic mass is 10.1. The summed E-state index contributed by atoms with van der Waals surface area (Å²) in [7, 11) is 0. The average molecular weight is 257 g/mol. The maximum Gasteiger partial charge on any atom is 0.273 e. The van der Waals surface area contributed by atoms with Crippen LogP contribution in [0, 0.1) is 17.8 Å². The Balaban J connectivity index is 2.20. The predicted octanol–water partition coefficient (Wildman–Crippen LogP) is 1.26. The number of hydrogen-bond acceptors (Lipinski definition) is 3. The molecule has 2 heterocycles. The van der Waals surface area contributed by atoms with E-state index in [9.17, 15) is 4.79 Å². The van der Waals surface area contributed by atoms with Crippen molar-refractivity contribution >= 4 is 5.91 Å². The molecule has 1 amide bonds. The Labute approximate surface area is 114 Å². The number of likely N-dealkylation sites (tertiary alicyclic amines) is 1. The predicted molar refractivity (Wildman–Crippen MR) is 74.5 cm³/mol. The van der Waals surface area contributed by atoms with Crippen molar-refractivity contribution < 1.29 is 4.79 Å². The highest BCUT2D eigenvalue weighted by Crippen LogP contribution is 2.21. The van der Waals surface area contributed by atoms with Crippen LogP contribution in [0.4, 0.5) is 0 Å². The van der Waals surface area contributed by atoms with Crippen molar-refractivity contribution in [3.05, 3.63) is 29.6 Å². The lowest BCUT2D eigenvalue weighted by Gasteiger charge is -2.16. The summed E-state index contributed by atoms with van der Waals surface area (Å²) in [6.45, 7) is 4.09. The average Bonchev–Trinajstić information content (AvgIpc) is 2.93. The van der Waals surface area contributed by atoms with E-state index in [0.29, 0.717) is 17.2 Å². The number of nitrogens with two attached hydrogens (primary N) is 1. The highest BCUT2D eigenvalue weighted by Gasteiger charge is 2.27. The molecule has 1 unspecified atom stereocenters. The Morgan fingerprint density at radius 2 is 2.47 bits per heavy atom. The third-order valence-corrected chi connectivity index (χ3v) is 3.49. The zero-order chi connectivity index (χ0) is 13.7. The van der Waals surface area contributed by atoms with Crippen LogP contribution in [-0.4, -0.2) is 35.4 Å². The largest absolute Gasteiger partial charge is 0.337 e. The molecule has 0 aliphatic carbocycles. The van der Waals surface area contributed by atoms with Crippen molar-refractivity contribution in [3.8, 4) is 11.8 Å². The number of aromatic nitrogens is 1. The first kappa shape index (κ1) is 13.6. The number of carbonyl (C=O) groups excluding carboxylic acids is 1. The Morgan fingerprint density at radius 3 is 3.16 bits per heavy atom. The fourth-order valence-electron chi connectivity index (χ4n) is 2.32. The first-order valence-electron chi connectivity index (χ1n) is 6.69. The van der Waals surface area contributed by atoms with E-state index < -0.39 is 0 Å². The van der Waals surface area contributed by atoms with E-state index in [1.54, 1.807) is 12.3 Å². The van der Waals surface area contributed by atoms with Crippen molar-refractivity contribution in [1.29, 1.82) is 0 Å². The summed E-state index contributed by atoms with van der Waals surface area (Å²) in [6, 6.07) is 3.60. The maximum atomic E-state index is 12.5. The molecule has 1 saturated heterocycles. The summed E-state index contributed by atoms with van der Waals surface area (Å²) in [5.74, 6) is 6.30. The molecule has 19 heavy (non-hydrogen) atoms. The molecule has 4 heteroatoms. The second kappa shape index (κ2) is 6.35. The zero-order valence-corrected chi connectivity index (χ0v) is 11.2. The van der Waals surface area contributed by atoms with Crippen molar-refractivity contribution in [2.24, 2.45) is 11.7 Å². The number of nitrogens with zero attached hydrogens (tertiary/aromatic N) is 2. The van der Waals surface area contributed by atoms with Gasteiger partial charge in [-0.05, 0) is 24.5 Å². The molecule has 0 radical (unpaired) electrons. The minimum absolute atomic E-state index is 0.0159. The van der Waals surface area contributed by atoms with Gasteiger partial charge in [-0.3, -0.25) is 4.79 Å². The summed E-state index contributed by atoms with van der Waals surface area (Å²) in [5.41, 5.74) is 6.48. The Bertz CT molecular complexity index is 516. The van der Waals surface area contributed by atoms with Gasteiger partial charge in [-0.2, -0.15) is 0 Å². The van der Waals surface area contributed by atoms with Crippen LogP contribution in [0.15, 0.2) is 18.3 Å². The summed E-state index contributed by atoms with van der Waals surface area (Å²) in [6.07, 6.45) is 3.83. The molecule has 1 atom stereocenters. The standard InChI is InChI=1S/C15H19N3O/c1-2-12-7-10-18(11-12)15(19)14-13(5-3-8-16)6-4-9-17-14/h4,6,9,12H,2,7-8,10-11,16H2,1H3. The first-order valence-corrected chi connectivity index (χ1v) is 6.69. The minimum Gasteiger partial charge on any atom is -0.337 e. The van der Waals surface area contributed by atoms with Gasteiger partial charge in [0, 0.05) is 19.3 Å². The smallest absolute Gasteiger partial charge is 0.273 e. The highest BCUT2D eigenvalue weighted by molar-refractivity contribution is 5.94. The molecular weight excluding hydrogens is 238 g/mol. The molecule has 4 nitrogen and oxygen atoms in total. The van der Waals surface area contributed by atoms with Crippen LogP contribution in [0.2, 0.25) is 0 Å². The van der Waals surface area contributed by atoms with E-state index in [4.69, 9.17) is 5.73 Å². The van der Waals surface area contributed by atoms with Gasteiger partial charge in [-0.1, -0.05) is 25.2 Å². The SMILES string of the molecule is CCC1CCN(C(=O)c2ncccc2C#CCN)C1. The molecule has 0 spiro atoms. The number of amides is 1. The van der Waals surface area contributed by atoms with Crippen LogP contribution in [0.5, 0.6) is 0 Å². The van der Waals surface area contributed by atoms with Gasteiger partial charge in [0.15, 0.2) is 0 Å². The highest BCUT2D eigenvalue weighted by atomic mass is 16.2. The molecule has 100 valence electrons. The quantitative estimate of drug-likeness (QED) is 0.812. The van der Waals surface area contributed by atoms with Gasteiger partial charge >= 0.3 is 0 Å². The normalized spacial score (nSPS) is 18.0. The van der Waals surface area contributed by atoms with E-state index >= 15 is 0 Å². The van der Waals surface area contributed by atoms with E-state index in [1.165, 1.54) is 0 Å². The molecule has 1 aromatic heterocycles. The topological polar surface area (TPSA) is 59.2 Å². The van der Waals surface area contributed by atoms with E-state index in [0.717, 1.165) is 25.9 Å². The first-order chi connectivity index (χ1) is 9.26. The fourth-order valence-corrected chi connectivity index (χ4v) is 2.32. The third-order valence-electron chi connectivity index (χ3n) is 3.49. The molecule has 1 aliphatic heterocycles. The fraction of sp³-hybridized carbons (Fsp3) is 0.467. The van der Waals surface area contributed by atoms with Crippen molar-refractivity contribution in [2.45, 2.75) is 19.8 Å². The van der Waals surface area contributed by atoms with Gasteiger partial charge in [-0.15, -0.1) is 0 Å². The van der Waals surface area contributed by atoms with Gasteiger partial charge in [0.25, 0.3) is 5.91 Å². The molecule has 1 aromatic rings. The third kappa shape index (κ3) is 3.12. The molecule has 1 aliphatic rings. The van der Waals surface area contributed by atoms with Crippen molar-refractivity contribution in [3.63, 3.8) is 0 Å². The van der Waals surface area contributed by atoms with Crippen LogP contribution in [0.3, 0.4) is 0 Å². The van der Waals surface area contributed by atoms with Crippen molar-refractivity contribution in [1.82, 2.24) is 9.88 Å². The van der Waals surface area contributed by atoms with Gasteiger partial charge in [0.1, 0.15) is 5.69 Å². The Morgan fingerprint density at radius 1 is 1.63 bits per heavy atom. The lowest BCUT2D eigenvalue weighted by Crippen LogP contribution is -2.30. The molecular formula is C15H19N3O. The number of hydrogen-bond donors (Lipinski definition) is 1. The van der Waals surface area contributed by atoms with Crippen LogP contribution < -0.4 is 5.73 Å². The van der Waals surface area contributed by atoms with E-state index in [-0.39, 0.29) is 12.5 Å². The summed E-state index contributed by atoms with van der Waals surface area (Å²) < 4.78 is 0. The molecule has 2 rings (SSSR count). The molecule has 0 bridgehead atoms. The molecule has 0 aromatic carbocycles. The zero-order valence-electron chi connectivity index (χ0n) is 11.2. The minimum atomic E-state index is -0.0159. The maximum absolute atomic E-state index is 12.5. The number of rotatable bonds is 2. The van der Waals surface area contributed by atoms with Crippen LogP contribution in [-0.2, 0) is 0 Å². The summed E-state index contributed by atoms with van der Waals surface area (Å²) in [5, 5.41) is 0. The van der Waals surface area contributed by atoms with E-state index in [1.807, 2.05) is 11.0 Å². The summed E-state index contributed by atoms with van der Waals surface area (Å²) >= 11 is 0. The number of carbonyl (C=O) groups is 1. The van der Waals surface area contributed by atoms with Gasteiger partial charge in [-0.25, -0.2) is 4.98 Å². The van der Waals surface area contributed by atoms with Crippen LogP contribution in [0.25, 0.3) is 0 Å². The molecule has 1 fully saturated rings. The van der Waals surface area contributed by atoms with Crippen LogP contribution >= 0.6 is 0 Å². The number of pyridine rings is 1. The second-order valence-corrected chi connectivity index (χ2v) is 4.72. The van der Waals surface area contributed by atoms with Crippen LogP contribution in [0.1, 0.15) is 35.8 Å². The van der Waals surface area contributed by atoms with Gasteiger partial charge in [0.05, 0.1) is 12.1 Å². The van der Waals surface area contributed by atoms with Gasteiger partial charge < -0.3 is 10.6 Å². The molecule has 2 N–H and O–H groups in total.